The smallest absolute Gasteiger partial charge is 0.279 e. The van der Waals surface area contributed by atoms with Gasteiger partial charge in [-0.3, -0.25) is 4.90 Å². The lowest BCUT2D eigenvalue weighted by Crippen LogP contribution is -2.44. The Kier molecular flexibility index (Phi) is 2.83. The fraction of sp³-hybridized carbons (Fsp3) is 0.556. The molecule has 0 saturated carbocycles. The highest BCUT2D eigenvalue weighted by atomic mass is 32.1. The molecule has 1 saturated heterocycles. The zero-order valence-corrected chi connectivity index (χ0v) is 10.1. The predicted octanol–water partition coefficient (Wildman–Crippen LogP) is 0.164. The lowest BCUT2D eigenvalue weighted by molar-refractivity contribution is 0.190. The topological polar surface area (TPSA) is 80.0 Å². The summed E-state index contributed by atoms with van der Waals surface area (Å²) in [5, 5.41) is 7.33. The molecule has 1 unspecified atom stereocenters. The monoisotopic (exact) mass is 252 g/mol. The zero-order valence-electron chi connectivity index (χ0n) is 9.33. The van der Waals surface area contributed by atoms with Gasteiger partial charge in [-0.2, -0.15) is 13.7 Å². The Balaban J connectivity index is 1.84. The maximum absolute atomic E-state index is 5.20. The molecule has 1 fully saturated rings. The number of piperazine rings is 1. The van der Waals surface area contributed by atoms with E-state index in [1.165, 1.54) is 0 Å². The van der Waals surface area contributed by atoms with Crippen LogP contribution in [-0.2, 0) is 0 Å². The summed E-state index contributed by atoms with van der Waals surface area (Å²) in [6, 6.07) is 0.160. The van der Waals surface area contributed by atoms with Crippen molar-refractivity contribution in [2.45, 2.75) is 6.04 Å². The lowest BCUT2D eigenvalue weighted by atomic mass is 10.2. The van der Waals surface area contributed by atoms with Gasteiger partial charge in [0.2, 0.25) is 0 Å². The van der Waals surface area contributed by atoms with Gasteiger partial charge in [-0.1, -0.05) is 5.16 Å². The molecule has 0 amide bonds. The SMILES string of the molecule is CN1CCNCC1c1noc(-c2cnsn2)n1. The van der Waals surface area contributed by atoms with Crippen LogP contribution in [-0.4, -0.2) is 50.5 Å². The third-order valence-corrected chi connectivity index (χ3v) is 3.31. The van der Waals surface area contributed by atoms with E-state index in [-0.39, 0.29) is 6.04 Å². The van der Waals surface area contributed by atoms with Crippen molar-refractivity contribution >= 4 is 11.7 Å². The summed E-state index contributed by atoms with van der Waals surface area (Å²) in [5.41, 5.74) is 0.639. The molecule has 8 heteroatoms. The second-order valence-corrected chi connectivity index (χ2v) is 4.51. The molecule has 0 bridgehead atoms. The number of rotatable bonds is 2. The fourth-order valence-electron chi connectivity index (χ4n) is 1.83. The molecule has 17 heavy (non-hydrogen) atoms. The molecule has 1 aliphatic rings. The van der Waals surface area contributed by atoms with Crippen LogP contribution in [0.4, 0.5) is 0 Å². The highest BCUT2D eigenvalue weighted by Gasteiger charge is 2.25. The molecule has 0 radical (unpaired) electrons. The molecule has 2 aromatic heterocycles. The minimum Gasteiger partial charge on any atom is -0.332 e. The normalized spacial score (nSPS) is 21.8. The van der Waals surface area contributed by atoms with E-state index in [1.807, 2.05) is 0 Å². The maximum Gasteiger partial charge on any atom is 0.279 e. The van der Waals surface area contributed by atoms with E-state index in [2.05, 4.69) is 36.2 Å². The van der Waals surface area contributed by atoms with Crippen LogP contribution in [0.5, 0.6) is 0 Å². The molecule has 2 aromatic rings. The summed E-state index contributed by atoms with van der Waals surface area (Å²) < 4.78 is 13.2. The largest absolute Gasteiger partial charge is 0.332 e. The van der Waals surface area contributed by atoms with Gasteiger partial charge in [-0.15, -0.1) is 0 Å². The molecule has 90 valence electrons. The van der Waals surface area contributed by atoms with Crippen molar-refractivity contribution < 1.29 is 4.52 Å². The van der Waals surface area contributed by atoms with E-state index < -0.39 is 0 Å². The van der Waals surface area contributed by atoms with E-state index in [4.69, 9.17) is 4.52 Å². The summed E-state index contributed by atoms with van der Waals surface area (Å²) >= 11 is 1.13. The van der Waals surface area contributed by atoms with Gasteiger partial charge >= 0.3 is 0 Å². The number of nitrogens with one attached hydrogen (secondary N) is 1. The van der Waals surface area contributed by atoms with Crippen LogP contribution < -0.4 is 5.32 Å². The standard InChI is InChI=1S/C9H12N6OS/c1-15-3-2-10-5-7(15)8-12-9(16-13-8)6-4-11-17-14-6/h4,7,10H,2-3,5H2,1H3. The molecule has 0 aromatic carbocycles. The van der Waals surface area contributed by atoms with E-state index >= 15 is 0 Å². The van der Waals surface area contributed by atoms with E-state index in [0.29, 0.717) is 17.4 Å². The van der Waals surface area contributed by atoms with Gasteiger partial charge < -0.3 is 9.84 Å². The Labute approximate surface area is 102 Å². The van der Waals surface area contributed by atoms with E-state index in [9.17, 15) is 0 Å². The molecule has 7 nitrogen and oxygen atoms in total. The first kappa shape index (κ1) is 10.8. The van der Waals surface area contributed by atoms with Crippen molar-refractivity contribution in [3.63, 3.8) is 0 Å². The van der Waals surface area contributed by atoms with Gasteiger partial charge in [0.25, 0.3) is 5.89 Å². The van der Waals surface area contributed by atoms with Crippen molar-refractivity contribution in [2.24, 2.45) is 0 Å². The Morgan fingerprint density at radius 2 is 2.53 bits per heavy atom. The first-order valence-corrected chi connectivity index (χ1v) is 6.10. The summed E-state index contributed by atoms with van der Waals surface area (Å²) in [4.78, 5) is 6.58. The zero-order chi connectivity index (χ0) is 11.7. The fourth-order valence-corrected chi connectivity index (χ4v) is 2.23. The van der Waals surface area contributed by atoms with Gasteiger partial charge in [0.05, 0.1) is 24.0 Å². The molecule has 1 N–H and O–H groups in total. The average molecular weight is 252 g/mol. The number of hydrogen-bond donors (Lipinski definition) is 1. The Morgan fingerprint density at radius 1 is 1.59 bits per heavy atom. The molecule has 0 spiro atoms. The first-order chi connectivity index (χ1) is 8.34. The molecule has 1 aliphatic heterocycles. The third-order valence-electron chi connectivity index (χ3n) is 2.83. The highest BCUT2D eigenvalue weighted by Crippen LogP contribution is 2.21. The lowest BCUT2D eigenvalue weighted by Gasteiger charge is -2.30. The van der Waals surface area contributed by atoms with Crippen LogP contribution in [0, 0.1) is 0 Å². The summed E-state index contributed by atoms with van der Waals surface area (Å²) in [6.45, 7) is 2.81. The van der Waals surface area contributed by atoms with Crippen molar-refractivity contribution in [1.82, 2.24) is 29.1 Å². The first-order valence-electron chi connectivity index (χ1n) is 5.37. The molecular weight excluding hydrogens is 240 g/mol. The Bertz CT molecular complexity index is 483. The second-order valence-electron chi connectivity index (χ2n) is 3.95. The van der Waals surface area contributed by atoms with Crippen LogP contribution in [0.25, 0.3) is 11.6 Å². The Hall–Kier alpha value is -1.38. The van der Waals surface area contributed by atoms with Gasteiger partial charge in [0, 0.05) is 19.6 Å². The van der Waals surface area contributed by atoms with Crippen molar-refractivity contribution in [3.8, 4) is 11.6 Å². The van der Waals surface area contributed by atoms with E-state index in [1.54, 1.807) is 6.20 Å². The molecular formula is C9H12N6OS. The van der Waals surface area contributed by atoms with E-state index in [0.717, 1.165) is 31.4 Å². The van der Waals surface area contributed by atoms with Gasteiger partial charge in [-0.25, -0.2) is 0 Å². The second kappa shape index (κ2) is 4.47. The van der Waals surface area contributed by atoms with Crippen LogP contribution >= 0.6 is 11.7 Å². The quantitative estimate of drug-likeness (QED) is 0.815. The van der Waals surface area contributed by atoms with Crippen molar-refractivity contribution in [3.05, 3.63) is 12.0 Å². The van der Waals surface area contributed by atoms with Gasteiger partial charge in [0.1, 0.15) is 0 Å². The highest BCUT2D eigenvalue weighted by molar-refractivity contribution is 6.99. The van der Waals surface area contributed by atoms with Crippen LogP contribution in [0.2, 0.25) is 0 Å². The summed E-state index contributed by atoms with van der Waals surface area (Å²) in [5.74, 6) is 1.13. The molecule has 0 aliphatic carbocycles. The molecule has 3 heterocycles. The van der Waals surface area contributed by atoms with Gasteiger partial charge in [-0.05, 0) is 7.05 Å². The molecule has 3 rings (SSSR count). The third kappa shape index (κ3) is 2.06. The summed E-state index contributed by atoms with van der Waals surface area (Å²) in [6.07, 6.45) is 1.63. The molecule has 1 atom stereocenters. The van der Waals surface area contributed by atoms with Crippen molar-refractivity contribution in [2.75, 3.05) is 26.7 Å². The van der Waals surface area contributed by atoms with Crippen molar-refractivity contribution in [1.29, 1.82) is 0 Å². The minimum absolute atomic E-state index is 0.160. The predicted molar refractivity (Wildman–Crippen MR) is 61.4 cm³/mol. The Morgan fingerprint density at radius 3 is 3.29 bits per heavy atom. The number of nitrogens with zero attached hydrogens (tertiary/aromatic N) is 5. The van der Waals surface area contributed by atoms with Crippen LogP contribution in [0.3, 0.4) is 0 Å². The summed E-state index contributed by atoms with van der Waals surface area (Å²) in [7, 11) is 2.06. The maximum atomic E-state index is 5.20. The average Bonchev–Trinajstić information content (AvgIpc) is 3.00. The van der Waals surface area contributed by atoms with Crippen LogP contribution in [0.15, 0.2) is 10.7 Å². The minimum atomic E-state index is 0.160. The number of likely N-dealkylation sites (N-methyl/N-ethyl adjacent to an activating group) is 1. The number of aromatic nitrogens is 4. The van der Waals surface area contributed by atoms with Crippen LogP contribution in [0.1, 0.15) is 11.9 Å². The number of hydrogen-bond acceptors (Lipinski definition) is 8. The van der Waals surface area contributed by atoms with Gasteiger partial charge in [0.15, 0.2) is 11.5 Å².